The highest BCUT2D eigenvalue weighted by atomic mass is 16.5. The van der Waals surface area contributed by atoms with Gasteiger partial charge in [-0.05, 0) is 27.2 Å². The summed E-state index contributed by atoms with van der Waals surface area (Å²) in [5.41, 5.74) is 0. The quantitative estimate of drug-likeness (QED) is 0.746. The Morgan fingerprint density at radius 3 is 2.71 bits per heavy atom. The molecule has 0 amide bonds. The Kier molecular flexibility index (Phi) is 4.35. The van der Waals surface area contributed by atoms with Gasteiger partial charge in [-0.3, -0.25) is 4.90 Å². The van der Waals surface area contributed by atoms with Crippen molar-refractivity contribution in [1.82, 2.24) is 4.90 Å². The maximum atomic E-state index is 9.80. The summed E-state index contributed by atoms with van der Waals surface area (Å²) in [5, 5.41) is 9.80. The van der Waals surface area contributed by atoms with E-state index in [4.69, 9.17) is 4.74 Å². The van der Waals surface area contributed by atoms with Crippen molar-refractivity contribution < 1.29 is 9.84 Å². The molecule has 1 fully saturated rings. The van der Waals surface area contributed by atoms with Crippen LogP contribution in [0.25, 0.3) is 0 Å². The third-order valence-corrected chi connectivity index (χ3v) is 3.15. The standard InChI is InChI=1S/C11H23NO2/c1-5-11(13)10(4)12-6-9(3)14-7-8(12)2/h8-11,13H,5-7H2,1-4H3. The van der Waals surface area contributed by atoms with Crippen LogP contribution in [0.1, 0.15) is 34.1 Å². The summed E-state index contributed by atoms with van der Waals surface area (Å²) in [6.07, 6.45) is 0.889. The van der Waals surface area contributed by atoms with Crippen LogP contribution < -0.4 is 0 Å². The Morgan fingerprint density at radius 2 is 2.14 bits per heavy atom. The fraction of sp³-hybridized carbons (Fsp3) is 1.00. The lowest BCUT2D eigenvalue weighted by Gasteiger charge is -2.42. The molecule has 14 heavy (non-hydrogen) atoms. The number of hydrogen-bond donors (Lipinski definition) is 1. The van der Waals surface area contributed by atoms with Crippen molar-refractivity contribution in [1.29, 1.82) is 0 Å². The van der Waals surface area contributed by atoms with E-state index in [2.05, 4.69) is 25.7 Å². The molecular weight excluding hydrogens is 178 g/mol. The van der Waals surface area contributed by atoms with E-state index >= 15 is 0 Å². The highest BCUT2D eigenvalue weighted by molar-refractivity contribution is 4.83. The number of aliphatic hydroxyl groups is 1. The summed E-state index contributed by atoms with van der Waals surface area (Å²) in [6, 6.07) is 0.656. The van der Waals surface area contributed by atoms with Crippen molar-refractivity contribution in [2.24, 2.45) is 0 Å². The molecule has 1 heterocycles. The van der Waals surface area contributed by atoms with Gasteiger partial charge in [-0.15, -0.1) is 0 Å². The van der Waals surface area contributed by atoms with Gasteiger partial charge in [0.1, 0.15) is 0 Å². The highest BCUT2D eigenvalue weighted by Crippen LogP contribution is 2.17. The normalized spacial score (nSPS) is 34.1. The summed E-state index contributed by atoms with van der Waals surface area (Å²) in [6.45, 7) is 10.1. The number of ether oxygens (including phenoxy) is 1. The topological polar surface area (TPSA) is 32.7 Å². The number of aliphatic hydroxyl groups excluding tert-OH is 1. The van der Waals surface area contributed by atoms with E-state index in [9.17, 15) is 5.11 Å². The second kappa shape index (κ2) is 5.10. The first kappa shape index (κ1) is 12.0. The maximum Gasteiger partial charge on any atom is 0.0690 e. The van der Waals surface area contributed by atoms with E-state index in [0.29, 0.717) is 6.04 Å². The summed E-state index contributed by atoms with van der Waals surface area (Å²) < 4.78 is 5.56. The summed E-state index contributed by atoms with van der Waals surface area (Å²) in [5.74, 6) is 0. The lowest BCUT2D eigenvalue weighted by atomic mass is 10.1. The zero-order valence-corrected chi connectivity index (χ0v) is 9.73. The summed E-state index contributed by atoms with van der Waals surface area (Å²) in [7, 11) is 0. The van der Waals surface area contributed by atoms with Crippen molar-refractivity contribution in [2.75, 3.05) is 13.2 Å². The summed E-state index contributed by atoms with van der Waals surface area (Å²) >= 11 is 0. The van der Waals surface area contributed by atoms with Gasteiger partial charge in [0.15, 0.2) is 0 Å². The molecule has 0 aromatic rings. The molecule has 1 rings (SSSR count). The zero-order valence-electron chi connectivity index (χ0n) is 9.73. The lowest BCUT2D eigenvalue weighted by Crippen LogP contribution is -2.54. The molecule has 0 radical (unpaired) electrons. The van der Waals surface area contributed by atoms with Crippen LogP contribution >= 0.6 is 0 Å². The van der Waals surface area contributed by atoms with Crippen LogP contribution in [-0.2, 0) is 4.74 Å². The van der Waals surface area contributed by atoms with E-state index < -0.39 is 0 Å². The smallest absolute Gasteiger partial charge is 0.0690 e. The lowest BCUT2D eigenvalue weighted by molar-refractivity contribution is -0.0832. The van der Waals surface area contributed by atoms with Crippen LogP contribution in [0.2, 0.25) is 0 Å². The van der Waals surface area contributed by atoms with Gasteiger partial charge in [0, 0.05) is 18.6 Å². The third-order valence-electron chi connectivity index (χ3n) is 3.15. The first-order chi connectivity index (χ1) is 6.56. The first-order valence-electron chi connectivity index (χ1n) is 5.61. The van der Waals surface area contributed by atoms with Crippen LogP contribution in [-0.4, -0.2) is 47.4 Å². The average molecular weight is 201 g/mol. The number of nitrogens with zero attached hydrogens (tertiary/aromatic N) is 1. The SMILES string of the molecule is CCC(O)C(C)N1CC(C)OCC1C. The Labute approximate surface area is 87.1 Å². The molecule has 0 aromatic heterocycles. The number of morpholine rings is 1. The molecule has 1 aliphatic heterocycles. The molecule has 0 aromatic carbocycles. The van der Waals surface area contributed by atoms with E-state index in [1.54, 1.807) is 0 Å². The molecule has 0 spiro atoms. The molecule has 0 saturated carbocycles. The Morgan fingerprint density at radius 1 is 1.50 bits per heavy atom. The largest absolute Gasteiger partial charge is 0.392 e. The molecular formula is C11H23NO2. The predicted molar refractivity (Wildman–Crippen MR) is 57.3 cm³/mol. The van der Waals surface area contributed by atoms with Gasteiger partial charge in [0.25, 0.3) is 0 Å². The van der Waals surface area contributed by atoms with Gasteiger partial charge in [0.2, 0.25) is 0 Å². The molecule has 84 valence electrons. The molecule has 4 atom stereocenters. The number of rotatable bonds is 3. The minimum atomic E-state index is -0.220. The Hall–Kier alpha value is -0.120. The third kappa shape index (κ3) is 2.69. The van der Waals surface area contributed by atoms with Crippen molar-refractivity contribution in [3.05, 3.63) is 0 Å². The number of hydrogen-bond acceptors (Lipinski definition) is 3. The maximum absolute atomic E-state index is 9.80. The first-order valence-corrected chi connectivity index (χ1v) is 5.61. The van der Waals surface area contributed by atoms with E-state index in [1.165, 1.54) is 0 Å². The van der Waals surface area contributed by atoms with E-state index in [1.807, 2.05) is 6.92 Å². The van der Waals surface area contributed by atoms with Crippen molar-refractivity contribution in [3.63, 3.8) is 0 Å². The van der Waals surface area contributed by atoms with Crippen molar-refractivity contribution in [3.8, 4) is 0 Å². The Balaban J connectivity index is 2.55. The van der Waals surface area contributed by atoms with Gasteiger partial charge in [-0.1, -0.05) is 6.92 Å². The Bertz CT molecular complexity index is 175. The predicted octanol–water partition coefficient (Wildman–Crippen LogP) is 1.25. The van der Waals surface area contributed by atoms with Gasteiger partial charge in [-0.25, -0.2) is 0 Å². The molecule has 1 N–H and O–H groups in total. The fourth-order valence-electron chi connectivity index (χ4n) is 2.06. The minimum Gasteiger partial charge on any atom is -0.392 e. The van der Waals surface area contributed by atoms with Gasteiger partial charge < -0.3 is 9.84 Å². The minimum absolute atomic E-state index is 0.220. The van der Waals surface area contributed by atoms with Gasteiger partial charge in [-0.2, -0.15) is 0 Å². The van der Waals surface area contributed by atoms with Gasteiger partial charge >= 0.3 is 0 Å². The molecule has 1 aliphatic rings. The van der Waals surface area contributed by atoms with E-state index in [0.717, 1.165) is 19.6 Å². The zero-order chi connectivity index (χ0) is 10.7. The van der Waals surface area contributed by atoms with Crippen LogP contribution in [0.5, 0.6) is 0 Å². The molecule has 1 saturated heterocycles. The van der Waals surface area contributed by atoms with Crippen molar-refractivity contribution >= 4 is 0 Å². The second-order valence-corrected chi connectivity index (χ2v) is 4.41. The molecule has 4 unspecified atom stereocenters. The van der Waals surface area contributed by atoms with Crippen LogP contribution in [0.15, 0.2) is 0 Å². The van der Waals surface area contributed by atoms with Crippen LogP contribution in [0.3, 0.4) is 0 Å². The van der Waals surface area contributed by atoms with Crippen LogP contribution in [0.4, 0.5) is 0 Å². The van der Waals surface area contributed by atoms with Crippen LogP contribution in [0, 0.1) is 0 Å². The molecule has 0 bridgehead atoms. The van der Waals surface area contributed by atoms with Gasteiger partial charge in [0.05, 0.1) is 18.8 Å². The second-order valence-electron chi connectivity index (χ2n) is 4.41. The molecule has 3 nitrogen and oxygen atoms in total. The average Bonchev–Trinajstić information content (AvgIpc) is 2.19. The molecule has 0 aliphatic carbocycles. The van der Waals surface area contributed by atoms with Crippen molar-refractivity contribution in [2.45, 2.75) is 58.4 Å². The van der Waals surface area contributed by atoms with E-state index in [-0.39, 0.29) is 18.2 Å². The fourth-order valence-corrected chi connectivity index (χ4v) is 2.06. The molecule has 3 heteroatoms. The monoisotopic (exact) mass is 201 g/mol. The summed E-state index contributed by atoms with van der Waals surface area (Å²) in [4.78, 5) is 2.35. The highest BCUT2D eigenvalue weighted by Gasteiger charge is 2.29.